The van der Waals surface area contributed by atoms with Crippen LogP contribution in [0.25, 0.3) is 0 Å². The second kappa shape index (κ2) is 4.18. The lowest BCUT2D eigenvalue weighted by Gasteiger charge is -2.05. The molecule has 1 aromatic carbocycles. The number of halogens is 2. The molecule has 0 fully saturated rings. The van der Waals surface area contributed by atoms with Gasteiger partial charge in [0, 0.05) is 9.61 Å². The first kappa shape index (κ1) is 9.92. The Kier molecular flexibility index (Phi) is 3.46. The molecule has 2 N–H and O–H groups in total. The van der Waals surface area contributed by atoms with Gasteiger partial charge in [0.1, 0.15) is 5.82 Å². The number of nitrogens with two attached hydrogens (primary N) is 1. The fourth-order valence-electron chi connectivity index (χ4n) is 1.04. The molecule has 0 spiro atoms. The van der Waals surface area contributed by atoms with Crippen molar-refractivity contribution < 1.29 is 4.39 Å². The summed E-state index contributed by atoms with van der Waals surface area (Å²) in [5, 5.41) is 0. The molecule has 12 heavy (non-hydrogen) atoms. The zero-order valence-corrected chi connectivity index (χ0v) is 9.01. The van der Waals surface area contributed by atoms with Crippen LogP contribution in [0.4, 0.5) is 4.39 Å². The predicted octanol–water partition coefficient (Wildman–Crippen LogP) is 2.32. The van der Waals surface area contributed by atoms with E-state index >= 15 is 0 Å². The maximum absolute atomic E-state index is 13.0. The molecule has 0 heterocycles. The van der Waals surface area contributed by atoms with Gasteiger partial charge in [-0.05, 0) is 53.6 Å². The van der Waals surface area contributed by atoms with E-state index in [0.29, 0.717) is 3.57 Å². The highest BCUT2D eigenvalue weighted by Gasteiger charge is 2.02. The maximum atomic E-state index is 13.0. The smallest absolute Gasteiger partial charge is 0.136 e. The van der Waals surface area contributed by atoms with E-state index in [1.807, 2.05) is 35.6 Å². The van der Waals surface area contributed by atoms with Crippen LogP contribution in [0.1, 0.15) is 12.5 Å². The van der Waals surface area contributed by atoms with E-state index in [4.69, 9.17) is 5.73 Å². The van der Waals surface area contributed by atoms with Gasteiger partial charge in [-0.15, -0.1) is 0 Å². The van der Waals surface area contributed by atoms with Crippen molar-refractivity contribution in [3.05, 3.63) is 33.1 Å². The predicted molar refractivity (Wildman–Crippen MR) is 56.5 cm³/mol. The lowest BCUT2D eigenvalue weighted by atomic mass is 10.1. The van der Waals surface area contributed by atoms with Crippen molar-refractivity contribution in [2.24, 2.45) is 5.73 Å². The summed E-state index contributed by atoms with van der Waals surface area (Å²) in [4.78, 5) is 0. The highest BCUT2D eigenvalue weighted by molar-refractivity contribution is 14.1. The average Bonchev–Trinajstić information content (AvgIpc) is 1.96. The molecule has 0 radical (unpaired) electrons. The minimum absolute atomic E-state index is 0.0875. The fraction of sp³-hybridized carbons (Fsp3) is 0.333. The molecule has 1 unspecified atom stereocenters. The first-order chi connectivity index (χ1) is 5.59. The van der Waals surface area contributed by atoms with E-state index < -0.39 is 0 Å². The van der Waals surface area contributed by atoms with Gasteiger partial charge in [0.15, 0.2) is 0 Å². The van der Waals surface area contributed by atoms with E-state index in [-0.39, 0.29) is 11.9 Å². The van der Waals surface area contributed by atoms with Gasteiger partial charge in [-0.1, -0.05) is 6.07 Å². The molecule has 0 aliphatic heterocycles. The van der Waals surface area contributed by atoms with Crippen molar-refractivity contribution in [2.45, 2.75) is 19.4 Å². The second-order valence-corrected chi connectivity index (χ2v) is 4.09. The van der Waals surface area contributed by atoms with Crippen LogP contribution in [0, 0.1) is 9.39 Å². The molecule has 0 saturated heterocycles. The summed E-state index contributed by atoms with van der Waals surface area (Å²) in [6, 6.07) is 5.32. The van der Waals surface area contributed by atoms with E-state index in [1.165, 1.54) is 0 Å². The Morgan fingerprint density at radius 3 is 2.75 bits per heavy atom. The van der Waals surface area contributed by atoms with Gasteiger partial charge in [-0.3, -0.25) is 0 Å². The van der Waals surface area contributed by atoms with Crippen molar-refractivity contribution in [3.8, 4) is 0 Å². The van der Waals surface area contributed by atoms with Crippen LogP contribution in [0.3, 0.4) is 0 Å². The SMILES string of the molecule is CC(N)Cc1ccc(I)c(F)c1. The number of rotatable bonds is 2. The Hall–Kier alpha value is -0.160. The molecule has 0 aliphatic rings. The van der Waals surface area contributed by atoms with E-state index in [2.05, 4.69) is 0 Å². The lowest BCUT2D eigenvalue weighted by Crippen LogP contribution is -2.17. The summed E-state index contributed by atoms with van der Waals surface area (Å²) in [6.07, 6.45) is 0.730. The Morgan fingerprint density at radius 2 is 2.25 bits per heavy atom. The summed E-state index contributed by atoms with van der Waals surface area (Å²) in [6.45, 7) is 1.91. The minimum Gasteiger partial charge on any atom is -0.328 e. The summed E-state index contributed by atoms with van der Waals surface area (Å²) in [5.74, 6) is -0.159. The summed E-state index contributed by atoms with van der Waals surface area (Å²) in [5.41, 5.74) is 6.55. The van der Waals surface area contributed by atoms with Gasteiger partial charge >= 0.3 is 0 Å². The van der Waals surface area contributed by atoms with Gasteiger partial charge in [0.25, 0.3) is 0 Å². The lowest BCUT2D eigenvalue weighted by molar-refractivity contribution is 0.615. The molecule has 0 aromatic heterocycles. The molecule has 1 nitrogen and oxygen atoms in total. The molecule has 0 amide bonds. The molecule has 1 atom stereocenters. The van der Waals surface area contributed by atoms with Crippen molar-refractivity contribution >= 4 is 22.6 Å². The van der Waals surface area contributed by atoms with Crippen LogP contribution in [0.5, 0.6) is 0 Å². The molecule has 1 rings (SSSR count). The molecule has 3 heteroatoms. The summed E-state index contributed by atoms with van der Waals surface area (Å²) >= 11 is 1.97. The highest BCUT2D eigenvalue weighted by atomic mass is 127. The highest BCUT2D eigenvalue weighted by Crippen LogP contribution is 2.13. The average molecular weight is 279 g/mol. The second-order valence-electron chi connectivity index (χ2n) is 2.93. The van der Waals surface area contributed by atoms with E-state index in [0.717, 1.165) is 12.0 Å². The molecule has 1 aromatic rings. The third-order valence-corrected chi connectivity index (χ3v) is 2.42. The Morgan fingerprint density at radius 1 is 1.58 bits per heavy atom. The van der Waals surface area contributed by atoms with Crippen molar-refractivity contribution in [2.75, 3.05) is 0 Å². The van der Waals surface area contributed by atoms with Crippen LogP contribution < -0.4 is 5.73 Å². The first-order valence-corrected chi connectivity index (χ1v) is 4.87. The number of hydrogen-bond acceptors (Lipinski definition) is 1. The Bertz CT molecular complexity index is 273. The van der Waals surface area contributed by atoms with Crippen LogP contribution in [0.2, 0.25) is 0 Å². The minimum atomic E-state index is -0.159. The largest absolute Gasteiger partial charge is 0.328 e. The third kappa shape index (κ3) is 2.71. The van der Waals surface area contributed by atoms with Gasteiger partial charge in [0.2, 0.25) is 0 Å². The quantitative estimate of drug-likeness (QED) is 0.826. The molecule has 0 bridgehead atoms. The number of hydrogen-bond donors (Lipinski definition) is 1. The Balaban J connectivity index is 2.82. The molecule has 0 saturated carbocycles. The standard InChI is InChI=1S/C9H11FIN/c1-6(12)4-7-2-3-9(11)8(10)5-7/h2-3,5-6H,4,12H2,1H3. The molecule has 66 valence electrons. The summed E-state index contributed by atoms with van der Waals surface area (Å²) in [7, 11) is 0. The van der Waals surface area contributed by atoms with Crippen LogP contribution in [-0.4, -0.2) is 6.04 Å². The molecular weight excluding hydrogens is 268 g/mol. The van der Waals surface area contributed by atoms with E-state index in [9.17, 15) is 4.39 Å². The zero-order chi connectivity index (χ0) is 9.14. The maximum Gasteiger partial charge on any atom is 0.136 e. The Labute approximate surface area is 85.3 Å². The van der Waals surface area contributed by atoms with Crippen LogP contribution in [0.15, 0.2) is 18.2 Å². The number of benzene rings is 1. The first-order valence-electron chi connectivity index (χ1n) is 3.79. The fourth-order valence-corrected chi connectivity index (χ4v) is 1.37. The topological polar surface area (TPSA) is 26.0 Å². The molecular formula is C9H11FIN. The van der Waals surface area contributed by atoms with Gasteiger partial charge < -0.3 is 5.73 Å². The summed E-state index contributed by atoms with van der Waals surface area (Å²) < 4.78 is 13.6. The van der Waals surface area contributed by atoms with Crippen molar-refractivity contribution in [1.82, 2.24) is 0 Å². The van der Waals surface area contributed by atoms with Crippen LogP contribution in [-0.2, 0) is 6.42 Å². The van der Waals surface area contributed by atoms with E-state index in [1.54, 1.807) is 12.1 Å². The monoisotopic (exact) mass is 279 g/mol. The van der Waals surface area contributed by atoms with Gasteiger partial charge in [-0.25, -0.2) is 4.39 Å². The zero-order valence-electron chi connectivity index (χ0n) is 6.85. The van der Waals surface area contributed by atoms with Crippen molar-refractivity contribution in [3.63, 3.8) is 0 Å². The van der Waals surface area contributed by atoms with Gasteiger partial charge in [0.05, 0.1) is 0 Å². The van der Waals surface area contributed by atoms with Gasteiger partial charge in [-0.2, -0.15) is 0 Å². The van der Waals surface area contributed by atoms with Crippen molar-refractivity contribution in [1.29, 1.82) is 0 Å². The van der Waals surface area contributed by atoms with Crippen LogP contribution >= 0.6 is 22.6 Å². The molecule has 0 aliphatic carbocycles. The third-order valence-electron chi connectivity index (χ3n) is 1.54. The normalized spacial score (nSPS) is 13.0.